The number of nitrogens with zero attached hydrogens (tertiary/aromatic N) is 5. The van der Waals surface area contributed by atoms with Gasteiger partial charge in [0.1, 0.15) is 5.78 Å². The van der Waals surface area contributed by atoms with Crippen molar-refractivity contribution in [1.29, 1.82) is 0 Å². The highest BCUT2D eigenvalue weighted by Gasteiger charge is 2.28. The van der Waals surface area contributed by atoms with Crippen molar-refractivity contribution in [3.63, 3.8) is 0 Å². The Morgan fingerprint density at radius 1 is 0.970 bits per heavy atom. The van der Waals surface area contributed by atoms with Crippen molar-refractivity contribution >= 4 is 22.6 Å². The monoisotopic (exact) mass is 439 g/mol. The van der Waals surface area contributed by atoms with Crippen LogP contribution in [0.3, 0.4) is 0 Å². The van der Waals surface area contributed by atoms with Crippen molar-refractivity contribution in [2.75, 3.05) is 13.1 Å². The third kappa shape index (κ3) is 4.53. The number of rotatable bonds is 5. The standard InChI is InChI=1S/C26H25N5O2/c1-30-17-22(16-27-30)20-7-8-24-21(13-20)14-23(28-29-24)15-25(32)18-9-11-31(12-10-18)26(33)19-5-3-2-4-6-19/h2-8,13-14,16-18H,9-12,15H2,1H3. The van der Waals surface area contributed by atoms with Crippen molar-refractivity contribution in [3.05, 3.63) is 78.2 Å². The first-order chi connectivity index (χ1) is 16.1. The smallest absolute Gasteiger partial charge is 0.253 e. The van der Waals surface area contributed by atoms with Gasteiger partial charge in [0.25, 0.3) is 5.91 Å². The molecule has 166 valence electrons. The van der Waals surface area contributed by atoms with Gasteiger partial charge < -0.3 is 4.90 Å². The molecule has 0 spiro atoms. The van der Waals surface area contributed by atoms with E-state index >= 15 is 0 Å². The molecule has 2 aromatic carbocycles. The maximum absolute atomic E-state index is 13.0. The van der Waals surface area contributed by atoms with E-state index in [-0.39, 0.29) is 24.0 Å². The van der Waals surface area contributed by atoms with E-state index in [1.165, 1.54) is 0 Å². The highest BCUT2D eigenvalue weighted by molar-refractivity contribution is 5.94. The molecule has 1 aliphatic heterocycles. The van der Waals surface area contributed by atoms with Crippen molar-refractivity contribution < 1.29 is 9.59 Å². The molecule has 0 bridgehead atoms. The number of benzene rings is 2. The lowest BCUT2D eigenvalue weighted by Crippen LogP contribution is -2.40. The lowest BCUT2D eigenvalue weighted by Gasteiger charge is -2.31. The number of Topliss-reactive ketones (excluding diaryl/α,β-unsaturated/α-hetero) is 1. The van der Waals surface area contributed by atoms with E-state index in [1.54, 1.807) is 4.68 Å². The van der Waals surface area contributed by atoms with E-state index in [0.29, 0.717) is 37.2 Å². The number of carbonyl (C=O) groups is 2. The van der Waals surface area contributed by atoms with Gasteiger partial charge in [-0.05, 0) is 48.7 Å². The van der Waals surface area contributed by atoms with Gasteiger partial charge in [0.05, 0.1) is 23.8 Å². The summed E-state index contributed by atoms with van der Waals surface area (Å²) in [5, 5.41) is 13.8. The van der Waals surface area contributed by atoms with Gasteiger partial charge in [-0.25, -0.2) is 0 Å². The van der Waals surface area contributed by atoms with Crippen molar-refractivity contribution in [1.82, 2.24) is 24.9 Å². The fourth-order valence-corrected chi connectivity index (χ4v) is 4.41. The van der Waals surface area contributed by atoms with Crippen molar-refractivity contribution in [2.24, 2.45) is 13.0 Å². The summed E-state index contributed by atoms with van der Waals surface area (Å²) in [4.78, 5) is 27.4. The molecule has 0 aliphatic carbocycles. The van der Waals surface area contributed by atoms with Gasteiger partial charge in [0.2, 0.25) is 0 Å². The molecule has 5 rings (SSSR count). The number of amides is 1. The first kappa shape index (κ1) is 21.0. The number of fused-ring (bicyclic) bond motifs is 1. The molecular weight excluding hydrogens is 414 g/mol. The number of likely N-dealkylation sites (tertiary alicyclic amines) is 1. The Bertz CT molecular complexity index is 1310. The van der Waals surface area contributed by atoms with Gasteiger partial charge >= 0.3 is 0 Å². The van der Waals surface area contributed by atoms with Gasteiger partial charge in [0, 0.05) is 48.8 Å². The molecule has 7 nitrogen and oxygen atoms in total. The molecule has 33 heavy (non-hydrogen) atoms. The molecule has 3 heterocycles. The average molecular weight is 440 g/mol. The summed E-state index contributed by atoms with van der Waals surface area (Å²) in [5.41, 5.74) is 4.26. The number of aromatic nitrogens is 4. The summed E-state index contributed by atoms with van der Waals surface area (Å²) in [6, 6.07) is 17.3. The van der Waals surface area contributed by atoms with Gasteiger partial charge in [-0.1, -0.05) is 24.3 Å². The van der Waals surface area contributed by atoms with Crippen LogP contribution in [0.5, 0.6) is 0 Å². The third-order valence-corrected chi connectivity index (χ3v) is 6.29. The summed E-state index contributed by atoms with van der Waals surface area (Å²) in [6.45, 7) is 1.20. The maximum atomic E-state index is 13.0. The van der Waals surface area contributed by atoms with E-state index < -0.39 is 0 Å². The first-order valence-electron chi connectivity index (χ1n) is 11.2. The van der Waals surface area contributed by atoms with Crippen LogP contribution in [0.2, 0.25) is 0 Å². The Labute approximate surface area is 192 Å². The highest BCUT2D eigenvalue weighted by Crippen LogP contribution is 2.25. The molecule has 0 atom stereocenters. The van der Waals surface area contributed by atoms with Crippen LogP contribution >= 0.6 is 0 Å². The van der Waals surface area contributed by atoms with Crippen LogP contribution in [0, 0.1) is 5.92 Å². The second-order valence-electron chi connectivity index (χ2n) is 8.59. The molecule has 1 saturated heterocycles. The number of ketones is 1. The van der Waals surface area contributed by atoms with E-state index in [4.69, 9.17) is 0 Å². The Hall–Kier alpha value is -3.87. The van der Waals surface area contributed by atoms with Crippen molar-refractivity contribution in [3.8, 4) is 11.1 Å². The second kappa shape index (κ2) is 8.94. The minimum Gasteiger partial charge on any atom is -0.339 e. The Kier molecular flexibility index (Phi) is 5.69. The molecular formula is C26H25N5O2. The minimum absolute atomic E-state index is 0.0336. The summed E-state index contributed by atoms with van der Waals surface area (Å²) in [6.07, 6.45) is 5.43. The van der Waals surface area contributed by atoms with E-state index in [1.807, 2.05) is 72.9 Å². The SMILES string of the molecule is Cn1cc(-c2ccc3nnc(CC(=O)C4CCN(C(=O)c5ccccc5)CC4)cc3c2)cn1. The molecule has 4 aromatic rings. The Morgan fingerprint density at radius 3 is 2.48 bits per heavy atom. The molecule has 0 saturated carbocycles. The predicted molar refractivity (Wildman–Crippen MR) is 126 cm³/mol. The zero-order valence-electron chi connectivity index (χ0n) is 18.5. The fraction of sp³-hybridized carbons (Fsp3) is 0.269. The highest BCUT2D eigenvalue weighted by atomic mass is 16.2. The maximum Gasteiger partial charge on any atom is 0.253 e. The molecule has 1 amide bonds. The number of piperidine rings is 1. The van der Waals surface area contributed by atoms with E-state index in [0.717, 1.165) is 22.0 Å². The summed E-state index contributed by atoms with van der Waals surface area (Å²) in [7, 11) is 1.89. The number of hydrogen-bond acceptors (Lipinski definition) is 5. The fourth-order valence-electron chi connectivity index (χ4n) is 4.41. The normalized spacial score (nSPS) is 14.5. The molecule has 0 radical (unpaired) electrons. The Balaban J connectivity index is 1.24. The number of hydrogen-bond donors (Lipinski definition) is 0. The lowest BCUT2D eigenvalue weighted by atomic mass is 9.90. The predicted octanol–water partition coefficient (Wildman–Crippen LogP) is 3.69. The summed E-state index contributed by atoms with van der Waals surface area (Å²) >= 11 is 0. The van der Waals surface area contributed by atoms with E-state index in [9.17, 15) is 9.59 Å². The van der Waals surface area contributed by atoms with Crippen LogP contribution in [0.25, 0.3) is 22.0 Å². The van der Waals surface area contributed by atoms with Crippen LogP contribution in [-0.4, -0.2) is 49.7 Å². The number of aryl methyl sites for hydroxylation is 1. The van der Waals surface area contributed by atoms with Crippen LogP contribution in [0.4, 0.5) is 0 Å². The van der Waals surface area contributed by atoms with Gasteiger partial charge in [-0.15, -0.1) is 0 Å². The van der Waals surface area contributed by atoms with Crippen LogP contribution in [-0.2, 0) is 18.3 Å². The largest absolute Gasteiger partial charge is 0.339 e. The molecule has 0 unspecified atom stereocenters. The summed E-state index contributed by atoms with van der Waals surface area (Å²) < 4.78 is 1.77. The minimum atomic E-state index is -0.0518. The lowest BCUT2D eigenvalue weighted by molar-refractivity contribution is -0.123. The van der Waals surface area contributed by atoms with Gasteiger partial charge in [0.15, 0.2) is 0 Å². The molecule has 1 fully saturated rings. The van der Waals surface area contributed by atoms with Crippen LogP contribution in [0.1, 0.15) is 28.9 Å². The first-order valence-corrected chi connectivity index (χ1v) is 11.2. The second-order valence-corrected chi connectivity index (χ2v) is 8.59. The Morgan fingerprint density at radius 2 is 1.76 bits per heavy atom. The van der Waals surface area contributed by atoms with Crippen molar-refractivity contribution in [2.45, 2.75) is 19.3 Å². The average Bonchev–Trinajstić information content (AvgIpc) is 3.30. The topological polar surface area (TPSA) is 81.0 Å². The van der Waals surface area contributed by atoms with Gasteiger partial charge in [-0.2, -0.15) is 15.3 Å². The zero-order chi connectivity index (χ0) is 22.8. The van der Waals surface area contributed by atoms with Crippen LogP contribution in [0.15, 0.2) is 67.0 Å². The molecule has 2 aromatic heterocycles. The van der Waals surface area contributed by atoms with E-state index in [2.05, 4.69) is 21.4 Å². The van der Waals surface area contributed by atoms with Gasteiger partial charge in [-0.3, -0.25) is 14.3 Å². The zero-order valence-corrected chi connectivity index (χ0v) is 18.5. The molecule has 7 heteroatoms. The molecule has 0 N–H and O–H groups in total. The van der Waals surface area contributed by atoms with Crippen LogP contribution < -0.4 is 0 Å². The summed E-state index contributed by atoms with van der Waals surface area (Å²) in [5.74, 6) is 0.147. The third-order valence-electron chi connectivity index (χ3n) is 6.29. The molecule has 1 aliphatic rings. The number of carbonyl (C=O) groups excluding carboxylic acids is 2. The quantitative estimate of drug-likeness (QED) is 0.474.